The molecule has 2 aromatic heterocycles. The molecule has 5 heteroatoms. The molecule has 5 nitrogen and oxygen atoms in total. The number of hydrogen-bond donors (Lipinski definition) is 2. The molecule has 0 fully saturated rings. The van der Waals surface area contributed by atoms with Crippen LogP contribution in [0.1, 0.15) is 16.2 Å². The minimum absolute atomic E-state index is 0.0739. The molecule has 3 rings (SSSR count). The molecule has 0 saturated carbocycles. The van der Waals surface area contributed by atoms with Crippen LogP contribution in [-0.4, -0.2) is 15.9 Å². The molecule has 1 aromatic carbocycles. The third-order valence-electron chi connectivity index (χ3n) is 3.12. The summed E-state index contributed by atoms with van der Waals surface area (Å²) in [5.74, 6) is -0.307. The lowest BCUT2D eigenvalue weighted by Gasteiger charge is -2.06. The lowest BCUT2D eigenvalue weighted by molar-refractivity contribution is 0.102. The predicted molar refractivity (Wildman–Crippen MR) is 81.5 cm³/mol. The SMILES string of the molecule is Cc1cc(=O)c2cc(NC(=O)c3ccccn3)ccc2[nH]1. The van der Waals surface area contributed by atoms with E-state index in [1.54, 1.807) is 42.6 Å². The van der Waals surface area contributed by atoms with E-state index in [0.29, 0.717) is 16.8 Å². The number of aryl methyl sites for hydroxylation is 1. The number of aromatic amines is 1. The highest BCUT2D eigenvalue weighted by Gasteiger charge is 2.08. The average Bonchev–Trinajstić information content (AvgIpc) is 2.48. The molecule has 0 aliphatic rings. The molecule has 0 radical (unpaired) electrons. The number of pyridine rings is 2. The third-order valence-corrected chi connectivity index (χ3v) is 3.12. The van der Waals surface area contributed by atoms with E-state index in [9.17, 15) is 9.59 Å². The topological polar surface area (TPSA) is 74.8 Å². The van der Waals surface area contributed by atoms with Crippen LogP contribution in [0.2, 0.25) is 0 Å². The molecule has 3 aromatic rings. The largest absolute Gasteiger partial charge is 0.358 e. The number of carbonyl (C=O) groups is 1. The lowest BCUT2D eigenvalue weighted by Crippen LogP contribution is -2.13. The fraction of sp³-hybridized carbons (Fsp3) is 0.0625. The van der Waals surface area contributed by atoms with Crippen LogP contribution in [0.5, 0.6) is 0 Å². The lowest BCUT2D eigenvalue weighted by atomic mass is 10.1. The molecule has 0 bridgehead atoms. The van der Waals surface area contributed by atoms with Gasteiger partial charge in [-0.15, -0.1) is 0 Å². The van der Waals surface area contributed by atoms with Crippen LogP contribution >= 0.6 is 0 Å². The highest BCUT2D eigenvalue weighted by molar-refractivity contribution is 6.03. The summed E-state index contributed by atoms with van der Waals surface area (Å²) in [7, 11) is 0. The van der Waals surface area contributed by atoms with Crippen LogP contribution in [0.15, 0.2) is 53.5 Å². The number of rotatable bonds is 2. The molecule has 2 heterocycles. The van der Waals surface area contributed by atoms with E-state index in [2.05, 4.69) is 15.3 Å². The molecule has 0 spiro atoms. The van der Waals surface area contributed by atoms with Gasteiger partial charge in [0, 0.05) is 34.5 Å². The molecule has 1 amide bonds. The van der Waals surface area contributed by atoms with E-state index in [4.69, 9.17) is 0 Å². The van der Waals surface area contributed by atoms with Crippen LogP contribution in [0.3, 0.4) is 0 Å². The Bertz CT molecular complexity index is 870. The van der Waals surface area contributed by atoms with Crippen molar-refractivity contribution in [2.75, 3.05) is 5.32 Å². The number of nitrogens with zero attached hydrogens (tertiary/aromatic N) is 1. The van der Waals surface area contributed by atoms with Gasteiger partial charge < -0.3 is 10.3 Å². The zero-order valence-electron chi connectivity index (χ0n) is 11.4. The maximum Gasteiger partial charge on any atom is 0.274 e. The van der Waals surface area contributed by atoms with Crippen LogP contribution < -0.4 is 10.7 Å². The molecule has 0 aliphatic heterocycles. The second kappa shape index (κ2) is 5.20. The first-order chi connectivity index (χ1) is 10.1. The van der Waals surface area contributed by atoms with Crippen LogP contribution in [0, 0.1) is 6.92 Å². The maximum absolute atomic E-state index is 12.0. The van der Waals surface area contributed by atoms with Gasteiger partial charge in [0.25, 0.3) is 5.91 Å². The van der Waals surface area contributed by atoms with Crippen LogP contribution in [0.25, 0.3) is 10.9 Å². The summed E-state index contributed by atoms with van der Waals surface area (Å²) in [6.07, 6.45) is 1.56. The van der Waals surface area contributed by atoms with Gasteiger partial charge in [-0.2, -0.15) is 0 Å². The normalized spacial score (nSPS) is 10.5. The molecule has 0 atom stereocenters. The highest BCUT2D eigenvalue weighted by Crippen LogP contribution is 2.15. The Hall–Kier alpha value is -2.95. The van der Waals surface area contributed by atoms with E-state index >= 15 is 0 Å². The number of nitrogens with one attached hydrogen (secondary N) is 2. The Kier molecular flexibility index (Phi) is 3.23. The molecule has 21 heavy (non-hydrogen) atoms. The number of anilines is 1. The number of benzene rings is 1. The van der Waals surface area contributed by atoms with Crippen molar-refractivity contribution in [1.82, 2.24) is 9.97 Å². The van der Waals surface area contributed by atoms with Gasteiger partial charge in [0.05, 0.1) is 0 Å². The Morgan fingerprint density at radius 2 is 2.05 bits per heavy atom. The van der Waals surface area contributed by atoms with Crippen LogP contribution in [-0.2, 0) is 0 Å². The number of carbonyl (C=O) groups excluding carboxylic acids is 1. The number of aromatic nitrogens is 2. The fourth-order valence-corrected chi connectivity index (χ4v) is 2.15. The van der Waals surface area contributed by atoms with Gasteiger partial charge in [0.2, 0.25) is 0 Å². The first-order valence-electron chi connectivity index (χ1n) is 6.49. The van der Waals surface area contributed by atoms with Crippen LogP contribution in [0.4, 0.5) is 5.69 Å². The van der Waals surface area contributed by atoms with E-state index in [-0.39, 0.29) is 11.3 Å². The van der Waals surface area contributed by atoms with Gasteiger partial charge in [-0.3, -0.25) is 14.6 Å². The van der Waals surface area contributed by atoms with E-state index in [1.807, 2.05) is 6.92 Å². The van der Waals surface area contributed by atoms with E-state index in [0.717, 1.165) is 11.2 Å². The van der Waals surface area contributed by atoms with Crippen molar-refractivity contribution >= 4 is 22.5 Å². The zero-order chi connectivity index (χ0) is 14.8. The minimum atomic E-state index is -0.307. The molecule has 0 unspecified atom stereocenters. The molecular formula is C16H13N3O2. The van der Waals surface area contributed by atoms with E-state index < -0.39 is 0 Å². The minimum Gasteiger partial charge on any atom is -0.358 e. The van der Waals surface area contributed by atoms with Crippen molar-refractivity contribution in [1.29, 1.82) is 0 Å². The van der Waals surface area contributed by atoms with Gasteiger partial charge in [-0.25, -0.2) is 0 Å². The molecular weight excluding hydrogens is 266 g/mol. The van der Waals surface area contributed by atoms with Gasteiger partial charge in [-0.1, -0.05) is 6.07 Å². The van der Waals surface area contributed by atoms with Crippen molar-refractivity contribution in [3.05, 3.63) is 70.3 Å². The molecule has 0 aliphatic carbocycles. The quantitative estimate of drug-likeness (QED) is 0.756. The summed E-state index contributed by atoms with van der Waals surface area (Å²) in [6, 6.07) is 11.8. The molecule has 0 saturated heterocycles. The Balaban J connectivity index is 1.95. The van der Waals surface area contributed by atoms with E-state index in [1.165, 1.54) is 6.07 Å². The smallest absolute Gasteiger partial charge is 0.274 e. The Morgan fingerprint density at radius 1 is 1.19 bits per heavy atom. The molecule has 2 N–H and O–H groups in total. The summed E-state index contributed by atoms with van der Waals surface area (Å²) in [4.78, 5) is 31.1. The monoisotopic (exact) mass is 279 g/mol. The van der Waals surface area contributed by atoms with Crippen molar-refractivity contribution in [3.63, 3.8) is 0 Å². The van der Waals surface area contributed by atoms with Crippen molar-refractivity contribution in [3.8, 4) is 0 Å². The Morgan fingerprint density at radius 3 is 2.81 bits per heavy atom. The second-order valence-corrected chi connectivity index (χ2v) is 4.75. The first kappa shape index (κ1) is 13.1. The number of fused-ring (bicyclic) bond motifs is 1. The highest BCUT2D eigenvalue weighted by atomic mass is 16.1. The second-order valence-electron chi connectivity index (χ2n) is 4.75. The van der Waals surface area contributed by atoms with Gasteiger partial charge in [-0.05, 0) is 37.3 Å². The number of amides is 1. The van der Waals surface area contributed by atoms with Gasteiger partial charge in [0.15, 0.2) is 5.43 Å². The van der Waals surface area contributed by atoms with Gasteiger partial charge in [0.1, 0.15) is 5.69 Å². The van der Waals surface area contributed by atoms with Gasteiger partial charge >= 0.3 is 0 Å². The third kappa shape index (κ3) is 2.67. The average molecular weight is 279 g/mol. The van der Waals surface area contributed by atoms with Crippen molar-refractivity contribution in [2.24, 2.45) is 0 Å². The number of H-pyrrole nitrogens is 1. The first-order valence-corrected chi connectivity index (χ1v) is 6.49. The summed E-state index contributed by atoms with van der Waals surface area (Å²) >= 11 is 0. The standard InChI is InChI=1S/C16H13N3O2/c1-10-8-15(20)12-9-11(5-6-13(12)18-10)19-16(21)14-4-2-3-7-17-14/h2-9H,1H3,(H,18,20)(H,19,21). The van der Waals surface area contributed by atoms with Crippen molar-refractivity contribution in [2.45, 2.75) is 6.92 Å². The maximum atomic E-state index is 12.0. The van der Waals surface area contributed by atoms with Crippen molar-refractivity contribution < 1.29 is 4.79 Å². The predicted octanol–water partition coefficient (Wildman–Crippen LogP) is 2.48. The summed E-state index contributed by atoms with van der Waals surface area (Å²) in [6.45, 7) is 1.83. The molecule has 104 valence electrons. The zero-order valence-corrected chi connectivity index (χ0v) is 11.4. The summed E-state index contributed by atoms with van der Waals surface area (Å²) in [5.41, 5.74) is 2.37. The fourth-order valence-electron chi connectivity index (χ4n) is 2.15. The summed E-state index contributed by atoms with van der Waals surface area (Å²) < 4.78 is 0. The summed E-state index contributed by atoms with van der Waals surface area (Å²) in [5, 5.41) is 3.28. The Labute approximate surface area is 120 Å². The number of hydrogen-bond acceptors (Lipinski definition) is 3.